The van der Waals surface area contributed by atoms with E-state index in [0.29, 0.717) is 18.2 Å². The van der Waals surface area contributed by atoms with Crippen LogP contribution in [0.15, 0.2) is 30.3 Å². The molecule has 0 atom stereocenters. The van der Waals surface area contributed by atoms with Crippen molar-refractivity contribution in [2.45, 2.75) is 12.6 Å². The average Bonchev–Trinajstić information content (AvgIpc) is 2.40. The van der Waals surface area contributed by atoms with Gasteiger partial charge < -0.3 is 15.6 Å². The van der Waals surface area contributed by atoms with Gasteiger partial charge >= 0.3 is 6.18 Å². The lowest BCUT2D eigenvalue weighted by Crippen LogP contribution is -2.11. The number of hydrogen-bond donors (Lipinski definition) is 2. The van der Waals surface area contributed by atoms with Gasteiger partial charge in [-0.3, -0.25) is 0 Å². The lowest BCUT2D eigenvalue weighted by molar-refractivity contribution is -0.141. The largest absolute Gasteiger partial charge is 0.439 e. The Morgan fingerprint density at radius 1 is 1.14 bits per heavy atom. The number of nitrogens with two attached hydrogens (primary N) is 1. The van der Waals surface area contributed by atoms with Crippen LogP contribution in [0, 0.1) is 0 Å². The summed E-state index contributed by atoms with van der Waals surface area (Å²) in [7, 11) is 0. The minimum Gasteiger partial charge on any atom is -0.439 e. The Hall–Kier alpha value is -2.35. The topological polar surface area (TPSA) is 81.3 Å². The Morgan fingerprint density at radius 3 is 2.38 bits per heavy atom. The summed E-state index contributed by atoms with van der Waals surface area (Å²) in [6.45, 7) is 0.0115. The van der Waals surface area contributed by atoms with Crippen molar-refractivity contribution in [2.24, 2.45) is 0 Å². The Bertz CT molecular complexity index is 615. The molecule has 2 aromatic rings. The first-order chi connectivity index (χ1) is 9.88. The van der Waals surface area contributed by atoms with Crippen molar-refractivity contribution in [3.63, 3.8) is 0 Å². The highest BCUT2D eigenvalue weighted by atomic mass is 19.4. The molecule has 0 amide bonds. The second kappa shape index (κ2) is 5.96. The maximum atomic E-state index is 12.6. The molecule has 0 aliphatic heterocycles. The molecule has 1 heterocycles. The molecular formula is C13H12F3N3O2. The number of aromatic nitrogens is 2. The number of nitrogen functional groups attached to an aromatic ring is 1. The second-order valence-electron chi connectivity index (χ2n) is 4.17. The lowest BCUT2D eigenvalue weighted by atomic mass is 10.1. The molecule has 8 heteroatoms. The maximum absolute atomic E-state index is 12.6. The van der Waals surface area contributed by atoms with E-state index in [0.717, 1.165) is 5.56 Å². The van der Waals surface area contributed by atoms with Crippen LogP contribution in [0.3, 0.4) is 0 Å². The van der Waals surface area contributed by atoms with E-state index in [2.05, 4.69) is 9.97 Å². The van der Waals surface area contributed by atoms with Crippen LogP contribution in [0.2, 0.25) is 0 Å². The SMILES string of the molecule is Nc1nc(Oc2ccc(CCO)cc2)cc(C(F)(F)F)n1. The van der Waals surface area contributed by atoms with E-state index in [9.17, 15) is 13.2 Å². The minimum atomic E-state index is -4.62. The quantitative estimate of drug-likeness (QED) is 0.906. The van der Waals surface area contributed by atoms with Crippen LogP contribution < -0.4 is 10.5 Å². The van der Waals surface area contributed by atoms with E-state index in [4.69, 9.17) is 15.6 Å². The molecule has 5 nitrogen and oxygen atoms in total. The third-order valence-corrected chi connectivity index (χ3v) is 2.56. The molecule has 0 aliphatic rings. The molecule has 0 aliphatic carbocycles. The number of rotatable bonds is 4. The van der Waals surface area contributed by atoms with Crippen LogP contribution in [0.5, 0.6) is 11.6 Å². The summed E-state index contributed by atoms with van der Waals surface area (Å²) in [6, 6.07) is 7.20. The number of ether oxygens (including phenoxy) is 1. The van der Waals surface area contributed by atoms with Gasteiger partial charge in [-0.25, -0.2) is 4.98 Å². The monoisotopic (exact) mass is 299 g/mol. The molecular weight excluding hydrogens is 287 g/mol. The molecule has 0 unspecified atom stereocenters. The zero-order chi connectivity index (χ0) is 15.5. The minimum absolute atomic E-state index is 0.0115. The van der Waals surface area contributed by atoms with E-state index < -0.39 is 17.8 Å². The first-order valence-corrected chi connectivity index (χ1v) is 5.98. The van der Waals surface area contributed by atoms with Crippen molar-refractivity contribution in [2.75, 3.05) is 12.3 Å². The van der Waals surface area contributed by atoms with Crippen molar-refractivity contribution in [3.8, 4) is 11.6 Å². The molecule has 0 fully saturated rings. The van der Waals surface area contributed by atoms with Crippen LogP contribution >= 0.6 is 0 Å². The summed E-state index contributed by atoms with van der Waals surface area (Å²) in [5, 5.41) is 8.79. The molecule has 0 radical (unpaired) electrons. The van der Waals surface area contributed by atoms with Gasteiger partial charge in [0.25, 0.3) is 0 Å². The van der Waals surface area contributed by atoms with Crippen LogP contribution in [-0.4, -0.2) is 21.7 Å². The van der Waals surface area contributed by atoms with Gasteiger partial charge in [-0.05, 0) is 24.1 Å². The van der Waals surface area contributed by atoms with Crippen LogP contribution in [-0.2, 0) is 12.6 Å². The predicted octanol–water partition coefficient (Wildman–Crippen LogP) is 2.40. The number of halogens is 3. The number of aliphatic hydroxyl groups excluding tert-OH is 1. The van der Waals surface area contributed by atoms with E-state index in [-0.39, 0.29) is 12.5 Å². The normalized spacial score (nSPS) is 11.4. The molecule has 0 bridgehead atoms. The third kappa shape index (κ3) is 4.06. The van der Waals surface area contributed by atoms with Gasteiger partial charge in [0.05, 0.1) is 0 Å². The molecule has 0 saturated carbocycles. The first-order valence-electron chi connectivity index (χ1n) is 5.98. The fraction of sp³-hybridized carbons (Fsp3) is 0.231. The number of benzene rings is 1. The highest BCUT2D eigenvalue weighted by Gasteiger charge is 2.33. The van der Waals surface area contributed by atoms with Crippen molar-refractivity contribution in [1.82, 2.24) is 9.97 Å². The average molecular weight is 299 g/mol. The van der Waals surface area contributed by atoms with Gasteiger partial charge in [0.2, 0.25) is 11.8 Å². The highest BCUT2D eigenvalue weighted by molar-refractivity contribution is 5.33. The number of aliphatic hydroxyl groups is 1. The van der Waals surface area contributed by atoms with E-state index in [1.54, 1.807) is 24.3 Å². The Kier molecular flexibility index (Phi) is 4.27. The summed E-state index contributed by atoms with van der Waals surface area (Å²) in [5.74, 6) is -0.496. The van der Waals surface area contributed by atoms with E-state index in [1.807, 2.05) is 0 Å². The molecule has 0 spiro atoms. The van der Waals surface area contributed by atoms with Gasteiger partial charge in [0, 0.05) is 12.7 Å². The predicted molar refractivity (Wildman–Crippen MR) is 68.8 cm³/mol. The summed E-state index contributed by atoms with van der Waals surface area (Å²) < 4.78 is 43.0. The van der Waals surface area contributed by atoms with Gasteiger partial charge in [-0.2, -0.15) is 18.2 Å². The van der Waals surface area contributed by atoms with E-state index in [1.165, 1.54) is 0 Å². The first kappa shape index (κ1) is 15.0. The van der Waals surface area contributed by atoms with Crippen molar-refractivity contribution >= 4 is 5.95 Å². The van der Waals surface area contributed by atoms with Crippen LogP contribution in [0.1, 0.15) is 11.3 Å². The van der Waals surface area contributed by atoms with Crippen molar-refractivity contribution in [1.29, 1.82) is 0 Å². The van der Waals surface area contributed by atoms with Crippen LogP contribution in [0.25, 0.3) is 0 Å². The lowest BCUT2D eigenvalue weighted by Gasteiger charge is -2.10. The molecule has 1 aromatic heterocycles. The fourth-order valence-corrected chi connectivity index (χ4v) is 1.61. The van der Waals surface area contributed by atoms with Crippen molar-refractivity contribution in [3.05, 3.63) is 41.6 Å². The van der Waals surface area contributed by atoms with Gasteiger partial charge in [-0.1, -0.05) is 12.1 Å². The van der Waals surface area contributed by atoms with Crippen LogP contribution in [0.4, 0.5) is 19.1 Å². The Balaban J connectivity index is 2.21. The molecule has 1 aromatic carbocycles. The summed E-state index contributed by atoms with van der Waals surface area (Å²) in [6.07, 6.45) is -4.14. The molecule has 3 N–H and O–H groups in total. The number of nitrogens with zero attached hydrogens (tertiary/aromatic N) is 2. The van der Waals surface area contributed by atoms with Gasteiger partial charge in [-0.15, -0.1) is 0 Å². The zero-order valence-corrected chi connectivity index (χ0v) is 10.8. The maximum Gasteiger partial charge on any atom is 0.433 e. The number of hydrogen-bond acceptors (Lipinski definition) is 5. The summed E-state index contributed by atoms with van der Waals surface area (Å²) in [5.41, 5.74) is 4.96. The molecule has 0 saturated heterocycles. The van der Waals surface area contributed by atoms with Crippen molar-refractivity contribution < 1.29 is 23.0 Å². The molecule has 21 heavy (non-hydrogen) atoms. The summed E-state index contributed by atoms with van der Waals surface area (Å²) >= 11 is 0. The fourth-order valence-electron chi connectivity index (χ4n) is 1.61. The smallest absolute Gasteiger partial charge is 0.433 e. The molecule has 2 rings (SSSR count). The van der Waals surface area contributed by atoms with E-state index >= 15 is 0 Å². The third-order valence-electron chi connectivity index (χ3n) is 2.56. The highest BCUT2D eigenvalue weighted by Crippen LogP contribution is 2.31. The van der Waals surface area contributed by atoms with Gasteiger partial charge in [0.15, 0.2) is 5.69 Å². The standard InChI is InChI=1S/C13H12F3N3O2/c14-13(15,16)10-7-11(19-12(17)18-10)21-9-3-1-8(2-4-9)5-6-20/h1-4,7,20H,5-6H2,(H2,17,18,19). The molecule has 112 valence electrons. The Morgan fingerprint density at radius 2 is 1.81 bits per heavy atom. The zero-order valence-electron chi connectivity index (χ0n) is 10.8. The number of alkyl halides is 3. The summed E-state index contributed by atoms with van der Waals surface area (Å²) in [4.78, 5) is 6.72. The Labute approximate surface area is 118 Å². The second-order valence-corrected chi connectivity index (χ2v) is 4.17. The van der Waals surface area contributed by atoms with Gasteiger partial charge in [0.1, 0.15) is 5.75 Å². The number of anilines is 1.